The average molecular weight is 282 g/mol. The first-order valence-corrected chi connectivity index (χ1v) is 6.20. The van der Waals surface area contributed by atoms with E-state index in [0.717, 1.165) is 5.56 Å². The average Bonchev–Trinajstić information content (AvgIpc) is 2.89. The van der Waals surface area contributed by atoms with Gasteiger partial charge in [-0.2, -0.15) is 4.98 Å². The lowest BCUT2D eigenvalue weighted by atomic mass is 10.1. The third-order valence-corrected chi connectivity index (χ3v) is 3.29. The van der Waals surface area contributed by atoms with Crippen LogP contribution in [0.5, 0.6) is 11.5 Å². The fourth-order valence-corrected chi connectivity index (χ4v) is 2.15. The number of benzene rings is 1. The summed E-state index contributed by atoms with van der Waals surface area (Å²) in [7, 11) is 0. The highest BCUT2D eigenvalue weighted by atomic mass is 35.5. The molecule has 2 heterocycles. The van der Waals surface area contributed by atoms with Crippen molar-refractivity contribution in [3.63, 3.8) is 0 Å². The minimum absolute atomic E-state index is 0.187. The number of ether oxygens (including phenoxy) is 2. The van der Waals surface area contributed by atoms with Crippen LogP contribution in [0.2, 0.25) is 5.02 Å². The maximum atomic E-state index is 6.19. The van der Waals surface area contributed by atoms with Gasteiger partial charge in [-0.05, 0) is 12.5 Å². The molecule has 1 aromatic carbocycles. The van der Waals surface area contributed by atoms with E-state index in [0.29, 0.717) is 47.0 Å². The molecule has 1 aliphatic heterocycles. The molecule has 0 amide bonds. The molecule has 0 unspecified atom stereocenters. The zero-order valence-corrected chi connectivity index (χ0v) is 11.0. The third kappa shape index (κ3) is 2.02. The lowest BCUT2D eigenvalue weighted by molar-refractivity contribution is 0.172. The minimum atomic E-state index is 0.187. The van der Waals surface area contributed by atoms with Gasteiger partial charge in [0.25, 0.3) is 0 Å². The molecule has 7 heteroatoms. The van der Waals surface area contributed by atoms with Gasteiger partial charge in [-0.3, -0.25) is 0 Å². The Kier molecular flexibility index (Phi) is 3.04. The standard InChI is InChI=1S/C12H12ClN3O3/c1-6-7(13)4-8-11(18-3-2-17-8)10(6)12-15-9(5-14)19-16-12/h4H,2-3,5,14H2,1H3. The molecule has 1 aliphatic rings. The summed E-state index contributed by atoms with van der Waals surface area (Å²) in [6.45, 7) is 3.02. The van der Waals surface area contributed by atoms with Crippen LogP contribution in [-0.4, -0.2) is 23.4 Å². The molecular weight excluding hydrogens is 270 g/mol. The molecule has 2 aromatic rings. The number of nitrogens with zero attached hydrogens (tertiary/aromatic N) is 2. The number of hydrogen-bond acceptors (Lipinski definition) is 6. The lowest BCUT2D eigenvalue weighted by Gasteiger charge is -2.21. The van der Waals surface area contributed by atoms with Crippen LogP contribution in [0.1, 0.15) is 11.5 Å². The SMILES string of the molecule is Cc1c(Cl)cc2c(c1-c1noc(CN)n1)OCCO2. The van der Waals surface area contributed by atoms with Crippen molar-refractivity contribution < 1.29 is 14.0 Å². The van der Waals surface area contributed by atoms with Crippen LogP contribution >= 0.6 is 11.6 Å². The molecule has 0 spiro atoms. The van der Waals surface area contributed by atoms with Crippen LogP contribution in [-0.2, 0) is 6.54 Å². The van der Waals surface area contributed by atoms with Crippen molar-refractivity contribution in [2.75, 3.05) is 13.2 Å². The number of aromatic nitrogens is 2. The fraction of sp³-hybridized carbons (Fsp3) is 0.333. The monoisotopic (exact) mass is 281 g/mol. The van der Waals surface area contributed by atoms with Gasteiger partial charge < -0.3 is 19.7 Å². The first kappa shape index (κ1) is 12.3. The normalized spacial score (nSPS) is 13.6. The van der Waals surface area contributed by atoms with Gasteiger partial charge >= 0.3 is 0 Å². The van der Waals surface area contributed by atoms with Gasteiger partial charge in [0.05, 0.1) is 12.1 Å². The highest BCUT2D eigenvalue weighted by Crippen LogP contribution is 2.44. The number of rotatable bonds is 2. The van der Waals surface area contributed by atoms with Crippen molar-refractivity contribution >= 4 is 11.6 Å². The summed E-state index contributed by atoms with van der Waals surface area (Å²) in [4.78, 5) is 4.21. The van der Waals surface area contributed by atoms with E-state index in [-0.39, 0.29) is 6.54 Å². The molecule has 0 aliphatic carbocycles. The van der Waals surface area contributed by atoms with E-state index in [4.69, 9.17) is 31.3 Å². The second kappa shape index (κ2) is 4.71. The Balaban J connectivity index is 2.20. The maximum Gasteiger partial charge on any atom is 0.240 e. The Morgan fingerprint density at radius 3 is 2.89 bits per heavy atom. The van der Waals surface area contributed by atoms with Gasteiger partial charge in [-0.15, -0.1) is 0 Å². The third-order valence-electron chi connectivity index (χ3n) is 2.90. The number of halogens is 1. The van der Waals surface area contributed by atoms with Gasteiger partial charge in [-0.25, -0.2) is 0 Å². The van der Waals surface area contributed by atoms with Crippen molar-refractivity contribution in [2.45, 2.75) is 13.5 Å². The smallest absolute Gasteiger partial charge is 0.240 e. The fourth-order valence-electron chi connectivity index (χ4n) is 1.96. The van der Waals surface area contributed by atoms with Gasteiger partial charge in [-0.1, -0.05) is 16.8 Å². The molecular formula is C12H12ClN3O3. The first-order valence-electron chi connectivity index (χ1n) is 5.82. The summed E-state index contributed by atoms with van der Waals surface area (Å²) >= 11 is 6.19. The molecule has 0 bridgehead atoms. The summed E-state index contributed by atoms with van der Waals surface area (Å²) in [5, 5.41) is 4.47. The minimum Gasteiger partial charge on any atom is -0.486 e. The largest absolute Gasteiger partial charge is 0.486 e. The van der Waals surface area contributed by atoms with Gasteiger partial charge in [0, 0.05) is 11.1 Å². The highest BCUT2D eigenvalue weighted by Gasteiger charge is 2.24. The van der Waals surface area contributed by atoms with E-state index >= 15 is 0 Å². The Morgan fingerprint density at radius 2 is 2.16 bits per heavy atom. The van der Waals surface area contributed by atoms with Crippen LogP contribution < -0.4 is 15.2 Å². The predicted octanol–water partition coefficient (Wildman–Crippen LogP) is 1.93. The molecule has 0 atom stereocenters. The topological polar surface area (TPSA) is 83.4 Å². The summed E-state index contributed by atoms with van der Waals surface area (Å²) in [6, 6.07) is 1.73. The van der Waals surface area contributed by atoms with Crippen LogP contribution in [0.15, 0.2) is 10.6 Å². The molecule has 6 nitrogen and oxygen atoms in total. The van der Waals surface area contributed by atoms with Crippen LogP contribution in [0, 0.1) is 6.92 Å². The van der Waals surface area contributed by atoms with Crippen molar-refractivity contribution in [3.05, 3.63) is 22.5 Å². The zero-order chi connectivity index (χ0) is 13.4. The number of nitrogens with two attached hydrogens (primary N) is 1. The molecule has 0 saturated heterocycles. The van der Waals surface area contributed by atoms with E-state index in [2.05, 4.69) is 10.1 Å². The molecule has 100 valence electrons. The van der Waals surface area contributed by atoms with Crippen LogP contribution in [0.4, 0.5) is 0 Å². The van der Waals surface area contributed by atoms with E-state index in [1.807, 2.05) is 6.92 Å². The summed E-state index contributed by atoms with van der Waals surface area (Å²) in [5.41, 5.74) is 6.97. The van der Waals surface area contributed by atoms with E-state index in [1.54, 1.807) is 6.07 Å². The molecule has 0 radical (unpaired) electrons. The second-order valence-electron chi connectivity index (χ2n) is 4.10. The van der Waals surface area contributed by atoms with E-state index < -0.39 is 0 Å². The van der Waals surface area contributed by atoms with Gasteiger partial charge in [0.15, 0.2) is 11.5 Å². The summed E-state index contributed by atoms with van der Waals surface area (Å²) in [6.07, 6.45) is 0. The van der Waals surface area contributed by atoms with Crippen LogP contribution in [0.25, 0.3) is 11.4 Å². The number of hydrogen-bond donors (Lipinski definition) is 1. The zero-order valence-electron chi connectivity index (χ0n) is 10.3. The van der Waals surface area contributed by atoms with Gasteiger partial charge in [0.2, 0.25) is 11.7 Å². The predicted molar refractivity (Wildman–Crippen MR) is 68.4 cm³/mol. The molecule has 3 rings (SSSR count). The Bertz CT molecular complexity index is 627. The lowest BCUT2D eigenvalue weighted by Crippen LogP contribution is -2.16. The maximum absolute atomic E-state index is 6.19. The molecule has 1 aromatic heterocycles. The Hall–Kier alpha value is -1.79. The Labute approximate surface area is 114 Å². The van der Waals surface area contributed by atoms with Crippen molar-refractivity contribution in [2.24, 2.45) is 5.73 Å². The summed E-state index contributed by atoms with van der Waals surface area (Å²) in [5.74, 6) is 1.95. The van der Waals surface area contributed by atoms with Gasteiger partial charge in [0.1, 0.15) is 13.2 Å². The molecule has 19 heavy (non-hydrogen) atoms. The molecule has 2 N–H and O–H groups in total. The molecule has 0 saturated carbocycles. The van der Waals surface area contributed by atoms with Crippen molar-refractivity contribution in [3.8, 4) is 22.9 Å². The quantitative estimate of drug-likeness (QED) is 0.905. The van der Waals surface area contributed by atoms with Crippen molar-refractivity contribution in [1.82, 2.24) is 10.1 Å². The first-order chi connectivity index (χ1) is 9.20. The Morgan fingerprint density at radius 1 is 1.37 bits per heavy atom. The second-order valence-corrected chi connectivity index (χ2v) is 4.51. The van der Waals surface area contributed by atoms with Crippen LogP contribution in [0.3, 0.4) is 0 Å². The summed E-state index contributed by atoms with van der Waals surface area (Å²) < 4.78 is 16.2. The molecule has 0 fully saturated rings. The van der Waals surface area contributed by atoms with E-state index in [1.165, 1.54) is 0 Å². The highest BCUT2D eigenvalue weighted by molar-refractivity contribution is 6.32. The number of fused-ring (bicyclic) bond motifs is 1. The van der Waals surface area contributed by atoms with Crippen molar-refractivity contribution in [1.29, 1.82) is 0 Å². The van der Waals surface area contributed by atoms with E-state index in [9.17, 15) is 0 Å².